The monoisotopic (exact) mass is 328 g/mol. The van der Waals surface area contributed by atoms with Crippen molar-refractivity contribution in [2.24, 2.45) is 5.92 Å². The highest BCUT2D eigenvalue weighted by atomic mass is 16.2. The Bertz CT molecular complexity index is 598. The van der Waals surface area contributed by atoms with Gasteiger partial charge in [0.2, 0.25) is 11.8 Å². The summed E-state index contributed by atoms with van der Waals surface area (Å²) in [7, 11) is 0. The minimum absolute atomic E-state index is 0.000512. The number of likely N-dealkylation sites (tertiary alicyclic amines) is 1. The van der Waals surface area contributed by atoms with Gasteiger partial charge >= 0.3 is 0 Å². The molecule has 4 nitrogen and oxygen atoms in total. The van der Waals surface area contributed by atoms with Crippen LogP contribution in [0.15, 0.2) is 18.2 Å². The van der Waals surface area contributed by atoms with Crippen LogP contribution in [-0.2, 0) is 22.4 Å². The molecule has 1 saturated heterocycles. The van der Waals surface area contributed by atoms with E-state index in [2.05, 4.69) is 31.3 Å². The van der Waals surface area contributed by atoms with Crippen LogP contribution in [0.25, 0.3) is 0 Å². The van der Waals surface area contributed by atoms with Gasteiger partial charge in [-0.15, -0.1) is 0 Å². The third-order valence-corrected chi connectivity index (χ3v) is 5.54. The fourth-order valence-corrected chi connectivity index (χ4v) is 4.10. The second kappa shape index (κ2) is 7.37. The Labute approximate surface area is 144 Å². The van der Waals surface area contributed by atoms with Crippen molar-refractivity contribution in [3.05, 3.63) is 29.3 Å². The van der Waals surface area contributed by atoms with Crippen LogP contribution in [-0.4, -0.2) is 29.3 Å². The van der Waals surface area contributed by atoms with Gasteiger partial charge in [0.15, 0.2) is 0 Å². The molecule has 0 spiro atoms. The van der Waals surface area contributed by atoms with Crippen LogP contribution >= 0.6 is 0 Å². The molecule has 0 bridgehead atoms. The first-order valence-electron chi connectivity index (χ1n) is 9.35. The summed E-state index contributed by atoms with van der Waals surface area (Å²) in [5, 5.41) is 3.14. The first-order valence-corrected chi connectivity index (χ1v) is 9.35. The number of hydrogen-bond donors (Lipinski definition) is 1. The summed E-state index contributed by atoms with van der Waals surface area (Å²) >= 11 is 0. The van der Waals surface area contributed by atoms with Gasteiger partial charge in [0, 0.05) is 24.7 Å². The lowest BCUT2D eigenvalue weighted by Gasteiger charge is -2.24. The maximum Gasteiger partial charge on any atom is 0.229 e. The first kappa shape index (κ1) is 17.0. The normalized spacial score (nSPS) is 21.5. The number of rotatable bonds is 5. The lowest BCUT2D eigenvalue weighted by atomic mass is 10.0. The summed E-state index contributed by atoms with van der Waals surface area (Å²) < 4.78 is 0. The zero-order chi connectivity index (χ0) is 17.1. The predicted molar refractivity (Wildman–Crippen MR) is 95.9 cm³/mol. The van der Waals surface area contributed by atoms with E-state index in [0.29, 0.717) is 19.0 Å². The molecule has 1 aromatic carbocycles. The molecule has 1 atom stereocenters. The topological polar surface area (TPSA) is 49.4 Å². The molecule has 0 radical (unpaired) electrons. The van der Waals surface area contributed by atoms with Gasteiger partial charge in [0.05, 0.1) is 5.92 Å². The van der Waals surface area contributed by atoms with Crippen molar-refractivity contribution in [1.29, 1.82) is 0 Å². The number of nitrogens with zero attached hydrogens (tertiary/aromatic N) is 1. The fourth-order valence-electron chi connectivity index (χ4n) is 4.10. The second-order valence-corrected chi connectivity index (χ2v) is 7.03. The van der Waals surface area contributed by atoms with E-state index in [-0.39, 0.29) is 17.7 Å². The molecule has 1 N–H and O–H groups in total. The van der Waals surface area contributed by atoms with E-state index in [4.69, 9.17) is 0 Å². The number of aryl methyl sites for hydroxylation is 2. The number of para-hydroxylation sites is 1. The maximum atomic E-state index is 12.8. The molecule has 24 heavy (non-hydrogen) atoms. The molecule has 1 aliphatic heterocycles. The Balaban J connectivity index is 1.71. The van der Waals surface area contributed by atoms with Gasteiger partial charge in [0.1, 0.15) is 0 Å². The zero-order valence-corrected chi connectivity index (χ0v) is 14.8. The van der Waals surface area contributed by atoms with Crippen LogP contribution < -0.4 is 5.32 Å². The number of benzene rings is 1. The Morgan fingerprint density at radius 3 is 2.38 bits per heavy atom. The molecule has 2 aliphatic rings. The van der Waals surface area contributed by atoms with Crippen molar-refractivity contribution < 1.29 is 9.59 Å². The summed E-state index contributed by atoms with van der Waals surface area (Å²) in [5.41, 5.74) is 3.29. The Morgan fingerprint density at radius 2 is 1.79 bits per heavy atom. The average Bonchev–Trinajstić information content (AvgIpc) is 3.24. The molecule has 130 valence electrons. The van der Waals surface area contributed by atoms with E-state index in [1.807, 2.05) is 11.0 Å². The van der Waals surface area contributed by atoms with E-state index in [9.17, 15) is 9.59 Å². The highest BCUT2D eigenvalue weighted by molar-refractivity contribution is 5.98. The van der Waals surface area contributed by atoms with Crippen LogP contribution in [0.5, 0.6) is 0 Å². The van der Waals surface area contributed by atoms with Crippen molar-refractivity contribution in [2.75, 3.05) is 11.9 Å². The number of carbonyl (C=O) groups is 2. The lowest BCUT2D eigenvalue weighted by molar-refractivity contribution is -0.129. The van der Waals surface area contributed by atoms with Crippen molar-refractivity contribution in [1.82, 2.24) is 4.90 Å². The SMILES string of the molecule is CCc1cccc(CC)c1NC(=O)[C@H]1CC(=O)N(C2CCCC2)C1. The van der Waals surface area contributed by atoms with Crippen molar-refractivity contribution in [3.8, 4) is 0 Å². The number of amides is 2. The summed E-state index contributed by atoms with van der Waals surface area (Å²) in [5.74, 6) is -0.0614. The first-order chi connectivity index (χ1) is 11.6. The van der Waals surface area contributed by atoms with Gasteiger partial charge in [-0.25, -0.2) is 0 Å². The van der Waals surface area contributed by atoms with Crippen molar-refractivity contribution >= 4 is 17.5 Å². The average molecular weight is 328 g/mol. The molecule has 0 unspecified atom stereocenters. The summed E-state index contributed by atoms with van der Waals surface area (Å²) in [6, 6.07) is 6.55. The molecule has 1 saturated carbocycles. The minimum Gasteiger partial charge on any atom is -0.339 e. The quantitative estimate of drug-likeness (QED) is 0.899. The van der Waals surface area contributed by atoms with Crippen LogP contribution in [0.1, 0.15) is 57.1 Å². The molecule has 1 aromatic rings. The van der Waals surface area contributed by atoms with Crippen LogP contribution in [0.4, 0.5) is 5.69 Å². The predicted octanol–water partition coefficient (Wildman–Crippen LogP) is 3.54. The summed E-state index contributed by atoms with van der Waals surface area (Å²) in [4.78, 5) is 27.0. The molecule has 0 aromatic heterocycles. The molecule has 4 heteroatoms. The Morgan fingerprint density at radius 1 is 1.17 bits per heavy atom. The highest BCUT2D eigenvalue weighted by Gasteiger charge is 2.38. The summed E-state index contributed by atoms with van der Waals surface area (Å²) in [6.07, 6.45) is 6.74. The van der Waals surface area contributed by atoms with E-state index in [1.54, 1.807) is 0 Å². The number of anilines is 1. The van der Waals surface area contributed by atoms with E-state index >= 15 is 0 Å². The lowest BCUT2D eigenvalue weighted by Crippen LogP contribution is -2.35. The standard InChI is InChI=1S/C20H28N2O2/c1-3-14-8-7-9-15(4-2)19(14)21-20(24)16-12-18(23)22(13-16)17-10-5-6-11-17/h7-9,16-17H,3-6,10-13H2,1-2H3,(H,21,24)/t16-/m0/s1. The van der Waals surface area contributed by atoms with Gasteiger partial charge in [-0.2, -0.15) is 0 Å². The smallest absolute Gasteiger partial charge is 0.229 e. The van der Waals surface area contributed by atoms with Gasteiger partial charge < -0.3 is 10.2 Å². The molecular weight excluding hydrogens is 300 g/mol. The maximum absolute atomic E-state index is 12.8. The van der Waals surface area contributed by atoms with E-state index in [1.165, 1.54) is 24.0 Å². The van der Waals surface area contributed by atoms with Gasteiger partial charge in [-0.1, -0.05) is 44.9 Å². The molecule has 1 heterocycles. The van der Waals surface area contributed by atoms with Crippen molar-refractivity contribution in [2.45, 2.75) is 64.8 Å². The highest BCUT2D eigenvalue weighted by Crippen LogP contribution is 2.31. The van der Waals surface area contributed by atoms with Gasteiger partial charge in [0.25, 0.3) is 0 Å². The van der Waals surface area contributed by atoms with Crippen molar-refractivity contribution in [3.63, 3.8) is 0 Å². The minimum atomic E-state index is -0.215. The van der Waals surface area contributed by atoms with Crippen LogP contribution in [0.2, 0.25) is 0 Å². The Kier molecular flexibility index (Phi) is 5.22. The number of carbonyl (C=O) groups excluding carboxylic acids is 2. The molecule has 1 aliphatic carbocycles. The third kappa shape index (κ3) is 3.33. The Hall–Kier alpha value is -1.84. The second-order valence-electron chi connectivity index (χ2n) is 7.03. The molecule has 2 fully saturated rings. The van der Waals surface area contributed by atoms with E-state index in [0.717, 1.165) is 31.4 Å². The van der Waals surface area contributed by atoms with Gasteiger partial charge in [-0.05, 0) is 36.8 Å². The summed E-state index contributed by atoms with van der Waals surface area (Å²) in [6.45, 7) is 4.79. The zero-order valence-electron chi connectivity index (χ0n) is 14.8. The largest absolute Gasteiger partial charge is 0.339 e. The fraction of sp³-hybridized carbons (Fsp3) is 0.600. The number of hydrogen-bond acceptors (Lipinski definition) is 2. The molecular formula is C20H28N2O2. The third-order valence-electron chi connectivity index (χ3n) is 5.54. The van der Waals surface area contributed by atoms with Gasteiger partial charge in [-0.3, -0.25) is 9.59 Å². The molecule has 3 rings (SSSR count). The van der Waals surface area contributed by atoms with E-state index < -0.39 is 0 Å². The number of nitrogens with one attached hydrogen (secondary N) is 1. The van der Waals surface area contributed by atoms with Crippen LogP contribution in [0, 0.1) is 5.92 Å². The van der Waals surface area contributed by atoms with Crippen LogP contribution in [0.3, 0.4) is 0 Å². The molecule has 2 amide bonds.